The molecule has 0 radical (unpaired) electrons. The number of aromatic nitrogens is 5. The molecule has 0 saturated carbocycles. The molecule has 130 valence electrons. The number of carbonyl (C=O) groups excluding carboxylic acids is 1. The first-order valence-corrected chi connectivity index (χ1v) is 8.28. The van der Waals surface area contributed by atoms with Crippen molar-refractivity contribution in [1.82, 2.24) is 24.9 Å². The van der Waals surface area contributed by atoms with Crippen molar-refractivity contribution >= 4 is 30.2 Å². The van der Waals surface area contributed by atoms with Gasteiger partial charge in [0, 0.05) is 24.1 Å². The number of nitrogens with zero attached hydrogens (tertiary/aromatic N) is 5. The van der Waals surface area contributed by atoms with Crippen LogP contribution in [0.5, 0.6) is 6.01 Å². The van der Waals surface area contributed by atoms with Crippen molar-refractivity contribution in [3.8, 4) is 17.4 Å². The fourth-order valence-electron chi connectivity index (χ4n) is 2.21. The zero-order valence-electron chi connectivity index (χ0n) is 13.4. The number of carbonyl (C=O) groups is 1. The van der Waals surface area contributed by atoms with Crippen LogP contribution in [0.25, 0.3) is 11.4 Å². The van der Waals surface area contributed by atoms with Crippen LogP contribution in [-0.2, 0) is 11.3 Å². The molecule has 0 N–H and O–H groups in total. The number of thiol groups is 1. The number of halogens is 1. The van der Waals surface area contributed by atoms with Crippen molar-refractivity contribution in [2.75, 3.05) is 0 Å². The smallest absolute Gasteiger partial charge is 0.324 e. The van der Waals surface area contributed by atoms with E-state index >= 15 is 0 Å². The van der Waals surface area contributed by atoms with Crippen LogP contribution in [0, 0.1) is 0 Å². The second kappa shape index (κ2) is 7.24. The quantitative estimate of drug-likeness (QED) is 0.537. The first kappa shape index (κ1) is 17.4. The van der Waals surface area contributed by atoms with Crippen molar-refractivity contribution < 1.29 is 14.1 Å². The van der Waals surface area contributed by atoms with Gasteiger partial charge in [0.05, 0.1) is 0 Å². The van der Waals surface area contributed by atoms with E-state index in [1.807, 2.05) is 13.0 Å². The number of esters is 1. The molecule has 10 heteroatoms. The van der Waals surface area contributed by atoms with Crippen molar-refractivity contribution in [2.24, 2.45) is 0 Å². The highest BCUT2D eigenvalue weighted by atomic mass is 35.5. The van der Waals surface area contributed by atoms with Gasteiger partial charge in [-0.25, -0.2) is 0 Å². The molecule has 3 aromatic rings. The Labute approximate surface area is 153 Å². The first-order valence-electron chi connectivity index (χ1n) is 7.38. The van der Waals surface area contributed by atoms with Gasteiger partial charge in [0.2, 0.25) is 11.7 Å². The fourth-order valence-corrected chi connectivity index (χ4v) is 2.69. The average Bonchev–Trinajstić information content (AvgIpc) is 3.20. The summed E-state index contributed by atoms with van der Waals surface area (Å²) in [4.78, 5) is 15.5. The lowest BCUT2D eigenvalue weighted by molar-refractivity contribution is -0.132. The Hall–Kier alpha value is -2.39. The van der Waals surface area contributed by atoms with Gasteiger partial charge in [-0.1, -0.05) is 34.0 Å². The topological polar surface area (TPSA) is 95.9 Å². The molecule has 0 spiro atoms. The zero-order chi connectivity index (χ0) is 18.0. The normalized spacial score (nSPS) is 12.2. The second-order valence-corrected chi connectivity index (χ2v) is 6.00. The van der Waals surface area contributed by atoms with Gasteiger partial charge in [0.1, 0.15) is 5.25 Å². The Morgan fingerprint density at radius 2 is 2.24 bits per heavy atom. The number of rotatable bonds is 5. The summed E-state index contributed by atoms with van der Waals surface area (Å²) in [5.41, 5.74) is 0.723. The maximum Gasteiger partial charge on any atom is 0.324 e. The summed E-state index contributed by atoms with van der Waals surface area (Å²) in [6, 6.07) is 7.20. The molecule has 8 nitrogen and oxygen atoms in total. The van der Waals surface area contributed by atoms with Gasteiger partial charge in [-0.15, -0.1) is 5.10 Å². The highest BCUT2D eigenvalue weighted by Crippen LogP contribution is 2.30. The van der Waals surface area contributed by atoms with Crippen LogP contribution in [-0.4, -0.2) is 30.9 Å². The molecule has 0 aliphatic heterocycles. The average molecular weight is 380 g/mol. The van der Waals surface area contributed by atoms with E-state index in [0.717, 1.165) is 5.56 Å². The number of benzene rings is 1. The Morgan fingerprint density at radius 3 is 2.92 bits per heavy atom. The molecular weight excluding hydrogens is 366 g/mol. The summed E-state index contributed by atoms with van der Waals surface area (Å²) < 4.78 is 11.9. The highest BCUT2D eigenvalue weighted by molar-refractivity contribution is 7.80. The lowest BCUT2D eigenvalue weighted by atomic mass is 10.2. The molecule has 1 unspecified atom stereocenters. The van der Waals surface area contributed by atoms with E-state index in [2.05, 4.69) is 33.0 Å². The summed E-state index contributed by atoms with van der Waals surface area (Å²) in [6.45, 7) is 3.64. The molecule has 0 aliphatic carbocycles. The number of ether oxygens (including phenoxy) is 1. The van der Waals surface area contributed by atoms with Crippen LogP contribution in [0.4, 0.5) is 0 Å². The van der Waals surface area contributed by atoms with Gasteiger partial charge < -0.3 is 9.26 Å². The molecule has 0 fully saturated rings. The minimum absolute atomic E-state index is 0.0960. The van der Waals surface area contributed by atoms with Gasteiger partial charge in [-0.3, -0.25) is 9.36 Å². The molecule has 0 aliphatic rings. The summed E-state index contributed by atoms with van der Waals surface area (Å²) in [7, 11) is 0. The lowest BCUT2D eigenvalue weighted by Crippen LogP contribution is -2.11. The van der Waals surface area contributed by atoms with Gasteiger partial charge in [0.15, 0.2) is 5.82 Å². The Balaban J connectivity index is 1.90. The predicted molar refractivity (Wildman–Crippen MR) is 92.6 cm³/mol. The molecular formula is C15H14ClN5O3S. The summed E-state index contributed by atoms with van der Waals surface area (Å²) in [6.07, 6.45) is 0. The van der Waals surface area contributed by atoms with Crippen LogP contribution >= 0.6 is 24.2 Å². The second-order valence-electron chi connectivity index (χ2n) is 5.05. The minimum atomic E-state index is -0.628. The Bertz CT molecular complexity index is 910. The third-order valence-electron chi connectivity index (χ3n) is 3.30. The Kier molecular flexibility index (Phi) is 5.05. The van der Waals surface area contributed by atoms with Crippen LogP contribution in [0.15, 0.2) is 28.8 Å². The summed E-state index contributed by atoms with van der Waals surface area (Å²) >= 11 is 10.5. The SMILES string of the molecule is CCn1c(OC(C)=O)nnc1C(S)c1nc(-c2cccc(Cl)c2)no1. The van der Waals surface area contributed by atoms with E-state index in [1.165, 1.54) is 6.92 Å². The highest BCUT2D eigenvalue weighted by Gasteiger charge is 2.25. The molecule has 0 amide bonds. The predicted octanol–water partition coefficient (Wildman–Crippen LogP) is 2.95. The maximum absolute atomic E-state index is 11.1. The van der Waals surface area contributed by atoms with E-state index < -0.39 is 11.2 Å². The van der Waals surface area contributed by atoms with Gasteiger partial charge in [-0.05, 0) is 19.1 Å². The minimum Gasteiger partial charge on any atom is -0.391 e. The van der Waals surface area contributed by atoms with Crippen molar-refractivity contribution in [1.29, 1.82) is 0 Å². The lowest BCUT2D eigenvalue weighted by Gasteiger charge is -2.08. The maximum atomic E-state index is 11.1. The van der Waals surface area contributed by atoms with Crippen LogP contribution in [0.3, 0.4) is 0 Å². The van der Waals surface area contributed by atoms with Gasteiger partial charge in [0.25, 0.3) is 0 Å². The van der Waals surface area contributed by atoms with Gasteiger partial charge >= 0.3 is 12.0 Å². The largest absolute Gasteiger partial charge is 0.391 e. The van der Waals surface area contributed by atoms with E-state index in [0.29, 0.717) is 23.2 Å². The molecule has 25 heavy (non-hydrogen) atoms. The van der Waals surface area contributed by atoms with Crippen LogP contribution in [0.2, 0.25) is 5.02 Å². The van der Waals surface area contributed by atoms with Crippen LogP contribution in [0.1, 0.15) is 30.8 Å². The van der Waals surface area contributed by atoms with Crippen molar-refractivity contribution in [2.45, 2.75) is 25.6 Å². The first-order chi connectivity index (χ1) is 12.0. The van der Waals surface area contributed by atoms with E-state index in [-0.39, 0.29) is 11.9 Å². The molecule has 2 aromatic heterocycles. The molecule has 1 atom stereocenters. The molecule has 0 bridgehead atoms. The molecule has 0 saturated heterocycles. The number of hydrogen-bond acceptors (Lipinski definition) is 8. The standard InChI is InChI=1S/C15H14ClN5O3S/c1-3-21-13(18-19-15(21)23-8(2)22)11(25)14-17-12(20-24-14)9-5-4-6-10(16)7-9/h4-7,11,25H,3H2,1-2H3. The monoisotopic (exact) mass is 379 g/mol. The third kappa shape index (κ3) is 3.67. The summed E-state index contributed by atoms with van der Waals surface area (Å²) in [5, 5.41) is 11.8. The van der Waals surface area contributed by atoms with Gasteiger partial charge in [-0.2, -0.15) is 17.6 Å². The van der Waals surface area contributed by atoms with Crippen molar-refractivity contribution in [3.63, 3.8) is 0 Å². The van der Waals surface area contributed by atoms with Crippen LogP contribution < -0.4 is 4.74 Å². The summed E-state index contributed by atoms with van der Waals surface area (Å²) in [5.74, 6) is 0.586. The molecule has 1 aromatic carbocycles. The van der Waals surface area contributed by atoms with E-state index in [1.54, 1.807) is 22.8 Å². The van der Waals surface area contributed by atoms with E-state index in [9.17, 15) is 4.79 Å². The third-order valence-corrected chi connectivity index (χ3v) is 3.99. The number of hydrogen-bond donors (Lipinski definition) is 1. The molecule has 2 heterocycles. The zero-order valence-corrected chi connectivity index (χ0v) is 15.0. The Morgan fingerprint density at radius 1 is 1.44 bits per heavy atom. The van der Waals surface area contributed by atoms with E-state index in [4.69, 9.17) is 20.9 Å². The fraction of sp³-hybridized carbons (Fsp3) is 0.267. The van der Waals surface area contributed by atoms with Crippen molar-refractivity contribution in [3.05, 3.63) is 41.0 Å². The molecule has 3 rings (SSSR count).